The zero-order valence-corrected chi connectivity index (χ0v) is 16.2. The van der Waals surface area contributed by atoms with Crippen molar-refractivity contribution >= 4 is 8.32 Å². The first-order valence-corrected chi connectivity index (χ1v) is 11.6. The molecule has 130 valence electrons. The Morgan fingerprint density at radius 1 is 1.13 bits per heavy atom. The van der Waals surface area contributed by atoms with E-state index in [0.717, 1.165) is 18.6 Å². The number of benzene rings is 1. The van der Waals surface area contributed by atoms with E-state index < -0.39 is 13.9 Å². The summed E-state index contributed by atoms with van der Waals surface area (Å²) in [5, 5.41) is 19.6. The van der Waals surface area contributed by atoms with Crippen LogP contribution < -0.4 is 4.43 Å². The van der Waals surface area contributed by atoms with Crippen LogP contribution in [-0.2, 0) is 0 Å². The molecule has 0 saturated heterocycles. The average molecular weight is 337 g/mol. The minimum atomic E-state index is -1.79. The van der Waals surface area contributed by atoms with Crippen LogP contribution in [-0.4, -0.2) is 30.7 Å². The molecule has 1 aliphatic carbocycles. The summed E-state index contributed by atoms with van der Waals surface area (Å²) in [6.45, 7) is 11.1. The summed E-state index contributed by atoms with van der Waals surface area (Å²) in [6.07, 6.45) is 3.21. The Balaban J connectivity index is 2.01. The number of aliphatic hydroxyl groups excluding tert-OH is 1. The molecule has 2 rings (SSSR count). The highest BCUT2D eigenvalue weighted by molar-refractivity contribution is 6.74. The van der Waals surface area contributed by atoms with Crippen molar-refractivity contribution in [2.45, 2.75) is 76.1 Å². The number of hydrogen-bond donors (Lipinski definition) is 2. The topological polar surface area (TPSA) is 49.7 Å². The summed E-state index contributed by atoms with van der Waals surface area (Å²) >= 11 is 0. The van der Waals surface area contributed by atoms with Crippen LogP contribution in [0.15, 0.2) is 24.3 Å². The maximum absolute atomic E-state index is 10.1. The molecule has 1 aliphatic rings. The van der Waals surface area contributed by atoms with Crippen LogP contribution in [0, 0.1) is 0 Å². The fourth-order valence-electron chi connectivity index (χ4n) is 2.90. The Bertz CT molecular complexity index is 508. The van der Waals surface area contributed by atoms with Crippen LogP contribution in [0.2, 0.25) is 18.1 Å². The van der Waals surface area contributed by atoms with E-state index in [1.165, 1.54) is 5.56 Å². The lowest BCUT2D eigenvalue weighted by atomic mass is 9.76. The third-order valence-corrected chi connectivity index (χ3v) is 10.1. The van der Waals surface area contributed by atoms with E-state index in [1.807, 2.05) is 0 Å². The summed E-state index contributed by atoms with van der Waals surface area (Å²) in [4.78, 5) is 0. The van der Waals surface area contributed by atoms with Gasteiger partial charge in [0, 0.05) is 0 Å². The molecule has 1 saturated carbocycles. The zero-order chi connectivity index (χ0) is 17.3. The molecule has 0 spiro atoms. The standard InChI is InChI=1S/C19H32O3Si/c1-18(2,3)23(4,5)22-17-8-6-15(7-9-17)16-10-12-19(21,14-20)13-11-16/h6-9,16,20-21H,10-14H2,1-5H3. The second-order valence-electron chi connectivity index (χ2n) is 8.59. The summed E-state index contributed by atoms with van der Waals surface area (Å²) < 4.78 is 6.32. The molecule has 1 fully saturated rings. The second kappa shape index (κ2) is 6.58. The first-order valence-electron chi connectivity index (χ1n) is 8.69. The molecule has 4 heteroatoms. The van der Waals surface area contributed by atoms with E-state index >= 15 is 0 Å². The van der Waals surface area contributed by atoms with E-state index in [0.29, 0.717) is 18.8 Å². The summed E-state index contributed by atoms with van der Waals surface area (Å²) in [5.74, 6) is 1.44. The van der Waals surface area contributed by atoms with Gasteiger partial charge in [-0.3, -0.25) is 0 Å². The van der Waals surface area contributed by atoms with Gasteiger partial charge in [-0.2, -0.15) is 0 Å². The molecule has 0 heterocycles. The van der Waals surface area contributed by atoms with Crippen molar-refractivity contribution in [1.29, 1.82) is 0 Å². The molecule has 0 aromatic heterocycles. The fraction of sp³-hybridized carbons (Fsp3) is 0.684. The molecular weight excluding hydrogens is 304 g/mol. The fourth-order valence-corrected chi connectivity index (χ4v) is 3.93. The molecule has 23 heavy (non-hydrogen) atoms. The maximum Gasteiger partial charge on any atom is 0.250 e. The Morgan fingerprint density at radius 3 is 2.09 bits per heavy atom. The van der Waals surface area contributed by atoms with Crippen molar-refractivity contribution < 1.29 is 14.6 Å². The van der Waals surface area contributed by atoms with Gasteiger partial charge in [0.2, 0.25) is 8.32 Å². The van der Waals surface area contributed by atoms with Gasteiger partial charge in [0.15, 0.2) is 0 Å². The van der Waals surface area contributed by atoms with Gasteiger partial charge in [-0.15, -0.1) is 0 Å². The monoisotopic (exact) mass is 336 g/mol. The number of hydrogen-bond acceptors (Lipinski definition) is 3. The van der Waals surface area contributed by atoms with Crippen LogP contribution in [0.5, 0.6) is 5.75 Å². The van der Waals surface area contributed by atoms with Gasteiger partial charge in [0.25, 0.3) is 0 Å². The largest absolute Gasteiger partial charge is 0.544 e. The lowest BCUT2D eigenvalue weighted by Crippen LogP contribution is -2.43. The van der Waals surface area contributed by atoms with E-state index in [9.17, 15) is 10.2 Å². The van der Waals surface area contributed by atoms with Crippen molar-refractivity contribution in [3.05, 3.63) is 29.8 Å². The van der Waals surface area contributed by atoms with Crippen molar-refractivity contribution in [3.63, 3.8) is 0 Å². The van der Waals surface area contributed by atoms with Crippen LogP contribution in [0.4, 0.5) is 0 Å². The second-order valence-corrected chi connectivity index (χ2v) is 13.3. The van der Waals surface area contributed by atoms with Crippen molar-refractivity contribution in [2.24, 2.45) is 0 Å². The number of aliphatic hydroxyl groups is 2. The van der Waals surface area contributed by atoms with Crippen LogP contribution in [0.3, 0.4) is 0 Å². The van der Waals surface area contributed by atoms with Gasteiger partial charge in [-0.1, -0.05) is 32.9 Å². The lowest BCUT2D eigenvalue weighted by Gasteiger charge is -2.37. The normalized spacial score (nSPS) is 26.1. The molecule has 0 amide bonds. The molecule has 2 N–H and O–H groups in total. The van der Waals surface area contributed by atoms with Gasteiger partial charge in [-0.25, -0.2) is 0 Å². The molecule has 0 atom stereocenters. The molecule has 0 aliphatic heterocycles. The zero-order valence-electron chi connectivity index (χ0n) is 15.2. The third-order valence-electron chi connectivity index (χ3n) is 5.74. The highest BCUT2D eigenvalue weighted by atomic mass is 28.4. The van der Waals surface area contributed by atoms with Crippen molar-refractivity contribution in [2.75, 3.05) is 6.61 Å². The van der Waals surface area contributed by atoms with Crippen molar-refractivity contribution in [1.82, 2.24) is 0 Å². The van der Waals surface area contributed by atoms with Crippen LogP contribution in [0.25, 0.3) is 0 Å². The molecule has 0 bridgehead atoms. The highest BCUT2D eigenvalue weighted by Gasteiger charge is 2.39. The van der Waals surface area contributed by atoms with E-state index in [-0.39, 0.29) is 11.6 Å². The Morgan fingerprint density at radius 2 is 1.65 bits per heavy atom. The SMILES string of the molecule is CC(C)(C)[Si](C)(C)Oc1ccc(C2CCC(O)(CO)CC2)cc1. The van der Waals surface area contributed by atoms with E-state index in [1.54, 1.807) is 0 Å². The highest BCUT2D eigenvalue weighted by Crippen LogP contribution is 2.40. The smallest absolute Gasteiger partial charge is 0.250 e. The minimum absolute atomic E-state index is 0.126. The van der Waals surface area contributed by atoms with Crippen LogP contribution in [0.1, 0.15) is 57.9 Å². The van der Waals surface area contributed by atoms with Crippen molar-refractivity contribution in [3.8, 4) is 5.75 Å². The third kappa shape index (κ3) is 4.37. The molecule has 0 unspecified atom stereocenters. The molecule has 1 aromatic rings. The lowest BCUT2D eigenvalue weighted by molar-refractivity contribution is -0.0456. The minimum Gasteiger partial charge on any atom is -0.544 e. The number of rotatable bonds is 4. The van der Waals surface area contributed by atoms with Crippen LogP contribution >= 0.6 is 0 Å². The Labute approximate surface area is 141 Å². The van der Waals surface area contributed by atoms with Gasteiger partial charge in [0.1, 0.15) is 5.75 Å². The maximum atomic E-state index is 10.1. The summed E-state index contributed by atoms with van der Waals surface area (Å²) in [6, 6.07) is 8.50. The molecule has 1 aromatic carbocycles. The van der Waals surface area contributed by atoms with E-state index in [2.05, 4.69) is 58.1 Å². The first-order chi connectivity index (χ1) is 10.6. The predicted molar refractivity (Wildman–Crippen MR) is 97.5 cm³/mol. The van der Waals surface area contributed by atoms with Gasteiger partial charge in [0.05, 0.1) is 12.2 Å². The van der Waals surface area contributed by atoms with E-state index in [4.69, 9.17) is 4.43 Å². The molecule has 0 radical (unpaired) electrons. The molecule has 3 nitrogen and oxygen atoms in total. The predicted octanol–water partition coefficient (Wildman–Crippen LogP) is 4.45. The Kier molecular flexibility index (Phi) is 5.29. The first kappa shape index (κ1) is 18.5. The Hall–Kier alpha value is -0.843. The summed E-state index contributed by atoms with van der Waals surface area (Å²) in [5.41, 5.74) is 0.453. The van der Waals surface area contributed by atoms with Gasteiger partial charge >= 0.3 is 0 Å². The molecular formula is C19H32O3Si. The summed E-state index contributed by atoms with van der Waals surface area (Å²) in [7, 11) is -1.79. The van der Waals surface area contributed by atoms with Gasteiger partial charge < -0.3 is 14.6 Å². The average Bonchev–Trinajstić information content (AvgIpc) is 2.47. The quantitative estimate of drug-likeness (QED) is 0.799. The van der Waals surface area contributed by atoms with Gasteiger partial charge in [-0.05, 0) is 67.4 Å².